The highest BCUT2D eigenvalue weighted by atomic mass is 28.5. The van der Waals surface area contributed by atoms with Crippen LogP contribution in [0, 0.1) is 11.8 Å². The molecule has 0 aliphatic rings. The first-order valence-corrected chi connectivity index (χ1v) is 19.8. The van der Waals surface area contributed by atoms with E-state index in [1.165, 1.54) is 50.6 Å². The summed E-state index contributed by atoms with van der Waals surface area (Å²) in [5, 5.41) is 0. The SMILES string of the molecule is CCC(C)CCC[Si](C)(C)O[Si](C)(C)O[Si](C)(C)CCCC(C)CC. The van der Waals surface area contributed by atoms with Crippen molar-refractivity contribution in [3.05, 3.63) is 0 Å². The van der Waals surface area contributed by atoms with Crippen molar-refractivity contribution in [2.45, 2.75) is 118 Å². The summed E-state index contributed by atoms with van der Waals surface area (Å²) in [5.41, 5.74) is 0. The quantitative estimate of drug-likeness (QED) is 0.275. The number of rotatable bonds is 14. The van der Waals surface area contributed by atoms with E-state index in [1.54, 1.807) is 0 Å². The topological polar surface area (TPSA) is 18.5 Å². The van der Waals surface area contributed by atoms with E-state index in [4.69, 9.17) is 8.23 Å². The molecule has 0 fully saturated rings. The molecule has 0 aromatic rings. The van der Waals surface area contributed by atoms with Gasteiger partial charge in [-0.1, -0.05) is 66.2 Å². The van der Waals surface area contributed by atoms with Crippen LogP contribution in [0.5, 0.6) is 0 Å². The lowest BCUT2D eigenvalue weighted by Gasteiger charge is -2.39. The minimum absolute atomic E-state index is 0.850. The molecule has 0 heterocycles. The van der Waals surface area contributed by atoms with E-state index < -0.39 is 25.2 Å². The summed E-state index contributed by atoms with van der Waals surface area (Å²) in [5.74, 6) is 1.70. The smallest absolute Gasteiger partial charge is 0.311 e. The third-order valence-electron chi connectivity index (χ3n) is 5.39. The van der Waals surface area contributed by atoms with E-state index in [-0.39, 0.29) is 0 Å². The predicted molar refractivity (Wildman–Crippen MR) is 122 cm³/mol. The lowest BCUT2D eigenvalue weighted by molar-refractivity contribution is 0.383. The van der Waals surface area contributed by atoms with Crippen LogP contribution in [-0.2, 0) is 8.23 Å². The van der Waals surface area contributed by atoms with Crippen molar-refractivity contribution in [2.75, 3.05) is 0 Å². The summed E-state index contributed by atoms with van der Waals surface area (Å²) in [6.07, 6.45) is 7.90. The Bertz CT molecular complexity index is 325. The number of hydrogen-bond donors (Lipinski definition) is 0. The average molecular weight is 405 g/mol. The van der Waals surface area contributed by atoms with Gasteiger partial charge in [-0.05, 0) is 63.2 Å². The number of hydrogen-bond acceptors (Lipinski definition) is 2. The third-order valence-corrected chi connectivity index (χ3v) is 16.9. The largest absolute Gasteiger partial charge is 0.437 e. The summed E-state index contributed by atoms with van der Waals surface area (Å²) in [6, 6.07) is 2.54. The molecule has 5 heteroatoms. The van der Waals surface area contributed by atoms with Gasteiger partial charge in [0.25, 0.3) is 0 Å². The maximum absolute atomic E-state index is 6.72. The molecule has 0 aromatic heterocycles. The van der Waals surface area contributed by atoms with Gasteiger partial charge in [0.05, 0.1) is 0 Å². The highest BCUT2D eigenvalue weighted by Crippen LogP contribution is 2.28. The maximum atomic E-state index is 6.72. The first-order valence-electron chi connectivity index (χ1n) is 10.7. The van der Waals surface area contributed by atoms with E-state index in [1.807, 2.05) is 0 Å². The first kappa shape index (κ1) is 25.6. The normalized spacial score (nSPS) is 16.1. The minimum atomic E-state index is -2.02. The minimum Gasteiger partial charge on any atom is -0.437 e. The molecule has 0 N–H and O–H groups in total. The van der Waals surface area contributed by atoms with Crippen LogP contribution >= 0.6 is 0 Å². The molecule has 0 aliphatic heterocycles. The molecule has 0 aliphatic carbocycles. The molecule has 25 heavy (non-hydrogen) atoms. The second kappa shape index (κ2) is 11.4. The van der Waals surface area contributed by atoms with E-state index in [0.717, 1.165) is 11.8 Å². The average Bonchev–Trinajstić information content (AvgIpc) is 2.43. The summed E-state index contributed by atoms with van der Waals surface area (Å²) < 4.78 is 13.4. The lowest BCUT2D eigenvalue weighted by atomic mass is 10.0. The molecule has 2 nitrogen and oxygen atoms in total. The first-order chi connectivity index (χ1) is 11.3. The van der Waals surface area contributed by atoms with Crippen LogP contribution in [0.15, 0.2) is 0 Å². The van der Waals surface area contributed by atoms with Gasteiger partial charge in [0.2, 0.25) is 0 Å². The van der Waals surface area contributed by atoms with Crippen molar-refractivity contribution < 1.29 is 8.23 Å². The maximum Gasteiger partial charge on any atom is 0.311 e. The van der Waals surface area contributed by atoms with E-state index in [0.29, 0.717) is 0 Å². The van der Waals surface area contributed by atoms with Crippen LogP contribution in [0.1, 0.15) is 66.2 Å². The Balaban J connectivity index is 4.42. The Morgan fingerprint density at radius 1 is 0.640 bits per heavy atom. The Hall–Kier alpha value is 0.571. The molecule has 152 valence electrons. The van der Waals surface area contributed by atoms with Crippen molar-refractivity contribution in [1.82, 2.24) is 0 Å². The van der Waals surface area contributed by atoms with Gasteiger partial charge in [-0.2, -0.15) is 0 Å². The molecule has 0 rings (SSSR count). The van der Waals surface area contributed by atoms with E-state index >= 15 is 0 Å². The fourth-order valence-corrected chi connectivity index (χ4v) is 17.7. The lowest BCUT2D eigenvalue weighted by Crippen LogP contribution is -2.52. The van der Waals surface area contributed by atoms with Crippen LogP contribution in [-0.4, -0.2) is 25.2 Å². The zero-order valence-corrected chi connectivity index (χ0v) is 22.1. The molecule has 2 unspecified atom stereocenters. The van der Waals surface area contributed by atoms with Gasteiger partial charge in [0.1, 0.15) is 0 Å². The highest BCUT2D eigenvalue weighted by Gasteiger charge is 2.39. The molecular formula is C20H48O2Si3. The fourth-order valence-electron chi connectivity index (χ4n) is 3.61. The van der Waals surface area contributed by atoms with Gasteiger partial charge in [-0.25, -0.2) is 0 Å². The van der Waals surface area contributed by atoms with E-state index in [2.05, 4.69) is 67.0 Å². The van der Waals surface area contributed by atoms with Crippen molar-refractivity contribution in [3.63, 3.8) is 0 Å². The fraction of sp³-hybridized carbons (Fsp3) is 1.00. The molecule has 0 saturated heterocycles. The summed E-state index contributed by atoms with van der Waals surface area (Å²) in [4.78, 5) is 0. The summed E-state index contributed by atoms with van der Waals surface area (Å²) in [7, 11) is -5.25. The zero-order chi connectivity index (χ0) is 19.7. The molecule has 0 amide bonds. The van der Waals surface area contributed by atoms with Crippen LogP contribution in [0.3, 0.4) is 0 Å². The second-order valence-electron chi connectivity index (χ2n) is 9.93. The van der Waals surface area contributed by atoms with E-state index in [9.17, 15) is 0 Å². The van der Waals surface area contributed by atoms with Gasteiger partial charge >= 0.3 is 8.56 Å². The molecule has 2 atom stereocenters. The van der Waals surface area contributed by atoms with Crippen molar-refractivity contribution in [1.29, 1.82) is 0 Å². The Kier molecular flexibility index (Phi) is 11.7. The van der Waals surface area contributed by atoms with Crippen LogP contribution in [0.4, 0.5) is 0 Å². The second-order valence-corrected chi connectivity index (χ2v) is 22.4. The van der Waals surface area contributed by atoms with Crippen LogP contribution in [0.2, 0.25) is 51.4 Å². The van der Waals surface area contributed by atoms with Crippen molar-refractivity contribution in [3.8, 4) is 0 Å². The molecule has 0 aromatic carbocycles. The molecule has 0 saturated carbocycles. The van der Waals surface area contributed by atoms with Crippen LogP contribution < -0.4 is 0 Å². The highest BCUT2D eigenvalue weighted by molar-refractivity contribution is 6.87. The Labute approximate surface area is 163 Å². The molecule has 0 spiro atoms. The molecule has 0 radical (unpaired) electrons. The van der Waals surface area contributed by atoms with Gasteiger partial charge in [0.15, 0.2) is 16.6 Å². The van der Waals surface area contributed by atoms with Gasteiger partial charge < -0.3 is 8.23 Å². The molecular weight excluding hydrogens is 356 g/mol. The monoisotopic (exact) mass is 404 g/mol. The van der Waals surface area contributed by atoms with Gasteiger partial charge in [0, 0.05) is 0 Å². The zero-order valence-electron chi connectivity index (χ0n) is 19.1. The van der Waals surface area contributed by atoms with Gasteiger partial charge in [-0.15, -0.1) is 0 Å². The Morgan fingerprint density at radius 3 is 1.24 bits per heavy atom. The molecule has 0 bridgehead atoms. The predicted octanol–water partition coefficient (Wildman–Crippen LogP) is 7.78. The van der Waals surface area contributed by atoms with Gasteiger partial charge in [-0.3, -0.25) is 0 Å². The Morgan fingerprint density at radius 2 is 0.960 bits per heavy atom. The van der Waals surface area contributed by atoms with Crippen LogP contribution in [0.25, 0.3) is 0 Å². The van der Waals surface area contributed by atoms with Crippen molar-refractivity contribution in [2.24, 2.45) is 11.8 Å². The van der Waals surface area contributed by atoms with Crippen molar-refractivity contribution >= 4 is 25.2 Å². The standard InChI is InChI=1S/C20H48O2Si3/c1-11-19(3)15-13-17-23(5,6)21-25(9,10)22-24(7,8)18-14-16-20(4)12-2/h19-20H,11-18H2,1-10H3. The third kappa shape index (κ3) is 13.4. The summed E-state index contributed by atoms with van der Waals surface area (Å²) >= 11 is 0. The summed E-state index contributed by atoms with van der Waals surface area (Å²) in [6.45, 7) is 23.4.